The molecule has 1 aliphatic heterocycles. The Morgan fingerprint density at radius 3 is 2.58 bits per heavy atom. The van der Waals surface area contributed by atoms with Gasteiger partial charge in [0.05, 0.1) is 10.7 Å². The molecular formula is C21H23N3OS. The number of fused-ring (bicyclic) bond motifs is 1. The maximum Gasteiger partial charge on any atom is 0.253 e. The maximum atomic E-state index is 12.8. The molecule has 1 amide bonds. The van der Waals surface area contributed by atoms with Crippen LogP contribution in [-0.4, -0.2) is 46.9 Å². The second-order valence-electron chi connectivity index (χ2n) is 6.72. The number of nitrogens with zero attached hydrogens (tertiary/aromatic N) is 3. The van der Waals surface area contributed by atoms with E-state index in [2.05, 4.69) is 34.3 Å². The first-order valence-corrected chi connectivity index (χ1v) is 10.0. The monoisotopic (exact) mass is 365 g/mol. The van der Waals surface area contributed by atoms with Gasteiger partial charge in [0.1, 0.15) is 0 Å². The van der Waals surface area contributed by atoms with Crippen molar-refractivity contribution in [2.24, 2.45) is 0 Å². The van der Waals surface area contributed by atoms with Crippen LogP contribution >= 0.6 is 11.3 Å². The Kier molecular flexibility index (Phi) is 5.00. The number of hydrogen-bond acceptors (Lipinski definition) is 4. The lowest BCUT2D eigenvalue weighted by Gasteiger charge is -2.34. The summed E-state index contributed by atoms with van der Waals surface area (Å²) in [6, 6.07) is 14.1. The molecule has 0 saturated carbocycles. The van der Waals surface area contributed by atoms with Gasteiger partial charge >= 0.3 is 0 Å². The molecule has 134 valence electrons. The number of rotatable bonds is 4. The first kappa shape index (κ1) is 17.2. The highest BCUT2D eigenvalue weighted by atomic mass is 32.1. The van der Waals surface area contributed by atoms with Crippen LogP contribution in [0.1, 0.15) is 28.0 Å². The molecule has 4 nitrogen and oxygen atoms in total. The minimum atomic E-state index is 0.136. The molecule has 1 fully saturated rings. The number of benzene rings is 2. The highest BCUT2D eigenvalue weighted by molar-refractivity contribution is 7.09. The van der Waals surface area contributed by atoms with Gasteiger partial charge in [0.2, 0.25) is 0 Å². The normalized spacial score (nSPS) is 15.5. The molecular weight excluding hydrogens is 342 g/mol. The minimum Gasteiger partial charge on any atom is -0.336 e. The summed E-state index contributed by atoms with van der Waals surface area (Å²) in [4.78, 5) is 21.9. The predicted molar refractivity (Wildman–Crippen MR) is 107 cm³/mol. The molecule has 1 aromatic heterocycles. The van der Waals surface area contributed by atoms with Crippen LogP contribution in [0.5, 0.6) is 0 Å². The van der Waals surface area contributed by atoms with Crippen LogP contribution in [0.3, 0.4) is 0 Å². The molecule has 2 aromatic carbocycles. The molecule has 0 unspecified atom stereocenters. The van der Waals surface area contributed by atoms with E-state index in [4.69, 9.17) is 0 Å². The van der Waals surface area contributed by atoms with E-state index in [9.17, 15) is 4.79 Å². The van der Waals surface area contributed by atoms with Crippen molar-refractivity contribution < 1.29 is 4.79 Å². The summed E-state index contributed by atoms with van der Waals surface area (Å²) in [5, 5.41) is 5.65. The lowest BCUT2D eigenvalue weighted by Crippen LogP contribution is -2.48. The van der Waals surface area contributed by atoms with Gasteiger partial charge in [0, 0.05) is 43.7 Å². The van der Waals surface area contributed by atoms with Crippen LogP contribution in [0, 0.1) is 0 Å². The van der Waals surface area contributed by atoms with E-state index in [1.165, 1.54) is 10.4 Å². The Morgan fingerprint density at radius 1 is 1.08 bits per heavy atom. The molecule has 1 aliphatic rings. The number of aryl methyl sites for hydroxylation is 1. The Balaban J connectivity index is 1.38. The molecule has 0 atom stereocenters. The summed E-state index contributed by atoms with van der Waals surface area (Å²) < 4.78 is 0. The summed E-state index contributed by atoms with van der Waals surface area (Å²) in [6.45, 7) is 6.37. The van der Waals surface area contributed by atoms with Gasteiger partial charge < -0.3 is 4.90 Å². The van der Waals surface area contributed by atoms with E-state index in [0.717, 1.165) is 55.8 Å². The van der Waals surface area contributed by atoms with Gasteiger partial charge in [-0.2, -0.15) is 0 Å². The van der Waals surface area contributed by atoms with E-state index in [1.807, 2.05) is 35.2 Å². The highest BCUT2D eigenvalue weighted by Crippen LogP contribution is 2.18. The SMILES string of the molecule is CCc1nc(CN2CCN(C(=O)c3ccc4ccccc4c3)CC2)cs1. The van der Waals surface area contributed by atoms with Gasteiger partial charge in [0.15, 0.2) is 0 Å². The predicted octanol–water partition coefficient (Wildman–Crippen LogP) is 3.82. The third-order valence-corrected chi connectivity index (χ3v) is 5.99. The molecule has 0 bridgehead atoms. The average molecular weight is 366 g/mol. The lowest BCUT2D eigenvalue weighted by atomic mass is 10.1. The largest absolute Gasteiger partial charge is 0.336 e. The van der Waals surface area contributed by atoms with E-state index >= 15 is 0 Å². The Morgan fingerprint density at radius 2 is 1.85 bits per heavy atom. The average Bonchev–Trinajstić information content (AvgIpc) is 3.15. The van der Waals surface area contributed by atoms with Crippen molar-refractivity contribution in [2.75, 3.05) is 26.2 Å². The van der Waals surface area contributed by atoms with Gasteiger partial charge in [-0.25, -0.2) is 4.98 Å². The molecule has 0 N–H and O–H groups in total. The van der Waals surface area contributed by atoms with Crippen LogP contribution in [0.25, 0.3) is 10.8 Å². The number of thiazole rings is 1. The van der Waals surface area contributed by atoms with Crippen LogP contribution in [0.4, 0.5) is 0 Å². The van der Waals surface area contributed by atoms with Crippen molar-refractivity contribution >= 4 is 28.0 Å². The van der Waals surface area contributed by atoms with Crippen LogP contribution < -0.4 is 0 Å². The number of hydrogen-bond donors (Lipinski definition) is 0. The maximum absolute atomic E-state index is 12.8. The van der Waals surface area contributed by atoms with Crippen molar-refractivity contribution in [3.05, 3.63) is 64.1 Å². The van der Waals surface area contributed by atoms with Gasteiger partial charge in [0.25, 0.3) is 5.91 Å². The van der Waals surface area contributed by atoms with Crippen molar-refractivity contribution in [3.8, 4) is 0 Å². The van der Waals surface area contributed by atoms with Gasteiger partial charge in [-0.15, -0.1) is 11.3 Å². The third kappa shape index (κ3) is 3.64. The molecule has 5 heteroatoms. The fourth-order valence-electron chi connectivity index (χ4n) is 3.43. The molecule has 0 radical (unpaired) electrons. The Hall–Kier alpha value is -2.24. The summed E-state index contributed by atoms with van der Waals surface area (Å²) >= 11 is 1.74. The second kappa shape index (κ2) is 7.56. The van der Waals surface area contributed by atoms with Crippen molar-refractivity contribution in [3.63, 3.8) is 0 Å². The summed E-state index contributed by atoms with van der Waals surface area (Å²) in [5.74, 6) is 0.136. The van der Waals surface area contributed by atoms with Crippen LogP contribution in [-0.2, 0) is 13.0 Å². The number of carbonyl (C=O) groups excluding carboxylic acids is 1. The number of aromatic nitrogens is 1. The topological polar surface area (TPSA) is 36.4 Å². The Bertz CT molecular complexity index is 912. The Labute approximate surface area is 158 Å². The first-order valence-electron chi connectivity index (χ1n) is 9.16. The molecule has 3 aromatic rings. The zero-order valence-corrected chi connectivity index (χ0v) is 15.8. The standard InChI is InChI=1S/C21H23N3OS/c1-2-20-22-19(15-26-20)14-23-9-11-24(12-10-23)21(25)18-8-7-16-5-3-4-6-17(16)13-18/h3-8,13,15H,2,9-12,14H2,1H3. The van der Waals surface area contributed by atoms with Crippen molar-refractivity contribution in [1.29, 1.82) is 0 Å². The van der Waals surface area contributed by atoms with Crippen LogP contribution in [0.2, 0.25) is 0 Å². The molecule has 1 saturated heterocycles. The first-order chi connectivity index (χ1) is 12.7. The molecule has 0 aliphatic carbocycles. The van der Waals surface area contributed by atoms with Gasteiger partial charge in [-0.1, -0.05) is 37.3 Å². The van der Waals surface area contributed by atoms with E-state index in [0.29, 0.717) is 0 Å². The smallest absolute Gasteiger partial charge is 0.253 e. The minimum absolute atomic E-state index is 0.136. The van der Waals surface area contributed by atoms with Gasteiger partial charge in [-0.05, 0) is 29.3 Å². The second-order valence-corrected chi connectivity index (χ2v) is 7.66. The number of piperazine rings is 1. The van der Waals surface area contributed by atoms with Gasteiger partial charge in [-0.3, -0.25) is 9.69 Å². The number of amides is 1. The van der Waals surface area contributed by atoms with E-state index in [-0.39, 0.29) is 5.91 Å². The quantitative estimate of drug-likeness (QED) is 0.705. The summed E-state index contributed by atoms with van der Waals surface area (Å²) in [7, 11) is 0. The highest BCUT2D eigenvalue weighted by Gasteiger charge is 2.22. The van der Waals surface area contributed by atoms with E-state index in [1.54, 1.807) is 11.3 Å². The molecule has 2 heterocycles. The van der Waals surface area contributed by atoms with Crippen LogP contribution in [0.15, 0.2) is 47.8 Å². The fraction of sp³-hybridized carbons (Fsp3) is 0.333. The lowest BCUT2D eigenvalue weighted by molar-refractivity contribution is 0.0627. The number of carbonyl (C=O) groups is 1. The molecule has 0 spiro atoms. The van der Waals surface area contributed by atoms with Crippen molar-refractivity contribution in [2.45, 2.75) is 19.9 Å². The zero-order valence-electron chi connectivity index (χ0n) is 15.0. The molecule has 4 rings (SSSR count). The fourth-order valence-corrected chi connectivity index (χ4v) is 4.16. The van der Waals surface area contributed by atoms with Crippen molar-refractivity contribution in [1.82, 2.24) is 14.8 Å². The van der Waals surface area contributed by atoms with E-state index < -0.39 is 0 Å². The summed E-state index contributed by atoms with van der Waals surface area (Å²) in [6.07, 6.45) is 0.999. The summed E-state index contributed by atoms with van der Waals surface area (Å²) in [5.41, 5.74) is 1.94. The zero-order chi connectivity index (χ0) is 17.9. The third-order valence-electron chi connectivity index (χ3n) is 4.94. The molecule has 26 heavy (non-hydrogen) atoms.